The van der Waals surface area contributed by atoms with E-state index < -0.39 is 6.10 Å². The van der Waals surface area contributed by atoms with Gasteiger partial charge in [0, 0.05) is 31.5 Å². The number of ether oxygens (including phenoxy) is 1. The van der Waals surface area contributed by atoms with Crippen LogP contribution < -0.4 is 0 Å². The normalized spacial score (nSPS) is 27.2. The maximum atomic E-state index is 10.3. The summed E-state index contributed by atoms with van der Waals surface area (Å²) in [5.41, 5.74) is 0. The molecule has 1 aromatic heterocycles. The van der Waals surface area contributed by atoms with Crippen LogP contribution in [0.2, 0.25) is 0 Å². The summed E-state index contributed by atoms with van der Waals surface area (Å²) < 4.78 is 7.52. The summed E-state index contributed by atoms with van der Waals surface area (Å²) >= 11 is 0. The van der Waals surface area contributed by atoms with Gasteiger partial charge in [0.2, 0.25) is 0 Å². The third-order valence-electron chi connectivity index (χ3n) is 3.32. The van der Waals surface area contributed by atoms with E-state index in [0.29, 0.717) is 0 Å². The molecule has 3 atom stereocenters. The number of aliphatic hydroxyl groups is 1. The van der Waals surface area contributed by atoms with Crippen molar-refractivity contribution in [1.29, 1.82) is 0 Å². The highest BCUT2D eigenvalue weighted by molar-refractivity contribution is 5.00. The van der Waals surface area contributed by atoms with Crippen LogP contribution in [-0.2, 0) is 11.3 Å². The molecule has 90 valence electrons. The Morgan fingerprint density at radius 3 is 3.12 bits per heavy atom. The van der Waals surface area contributed by atoms with Crippen LogP contribution >= 0.6 is 0 Å². The van der Waals surface area contributed by atoms with Crippen molar-refractivity contribution < 1.29 is 9.84 Å². The van der Waals surface area contributed by atoms with Crippen molar-refractivity contribution in [3.8, 4) is 0 Å². The molecule has 0 amide bonds. The van der Waals surface area contributed by atoms with Crippen molar-refractivity contribution in [2.45, 2.75) is 45.4 Å². The SMILES string of the molecule is CCCn1ccnc1C(O)C1CCOC1C. The molecule has 0 radical (unpaired) electrons. The van der Waals surface area contributed by atoms with E-state index in [-0.39, 0.29) is 12.0 Å². The average molecular weight is 224 g/mol. The first-order chi connectivity index (χ1) is 7.74. The largest absolute Gasteiger partial charge is 0.385 e. The fourth-order valence-corrected chi connectivity index (χ4v) is 2.37. The van der Waals surface area contributed by atoms with Gasteiger partial charge in [0.15, 0.2) is 0 Å². The Balaban J connectivity index is 2.13. The van der Waals surface area contributed by atoms with Gasteiger partial charge in [-0.3, -0.25) is 0 Å². The number of hydrogen-bond acceptors (Lipinski definition) is 3. The summed E-state index contributed by atoms with van der Waals surface area (Å²) in [6.07, 6.45) is 5.28. The van der Waals surface area contributed by atoms with E-state index in [1.807, 2.05) is 17.7 Å². The van der Waals surface area contributed by atoms with Crippen molar-refractivity contribution in [1.82, 2.24) is 9.55 Å². The minimum absolute atomic E-state index is 0.127. The molecule has 4 heteroatoms. The lowest BCUT2D eigenvalue weighted by molar-refractivity contribution is 0.0370. The number of aryl methyl sites for hydroxylation is 1. The van der Waals surface area contributed by atoms with Crippen LogP contribution in [0.1, 0.15) is 38.6 Å². The van der Waals surface area contributed by atoms with Crippen LogP contribution in [0.3, 0.4) is 0 Å². The molecule has 0 spiro atoms. The molecule has 2 heterocycles. The van der Waals surface area contributed by atoms with E-state index in [2.05, 4.69) is 11.9 Å². The Labute approximate surface area is 96.3 Å². The molecular weight excluding hydrogens is 204 g/mol. The van der Waals surface area contributed by atoms with E-state index in [0.717, 1.165) is 31.8 Å². The summed E-state index contributed by atoms with van der Waals surface area (Å²) in [7, 11) is 0. The molecule has 0 saturated carbocycles. The Bertz CT molecular complexity index is 338. The summed E-state index contributed by atoms with van der Waals surface area (Å²) in [6, 6.07) is 0. The number of aliphatic hydroxyl groups excluding tert-OH is 1. The van der Waals surface area contributed by atoms with Gasteiger partial charge in [0.05, 0.1) is 6.10 Å². The van der Waals surface area contributed by atoms with Crippen molar-refractivity contribution in [3.05, 3.63) is 18.2 Å². The first-order valence-electron chi connectivity index (χ1n) is 6.04. The van der Waals surface area contributed by atoms with Crippen molar-refractivity contribution >= 4 is 0 Å². The first kappa shape index (κ1) is 11.6. The lowest BCUT2D eigenvalue weighted by Crippen LogP contribution is -2.22. The molecule has 16 heavy (non-hydrogen) atoms. The fourth-order valence-electron chi connectivity index (χ4n) is 2.37. The van der Waals surface area contributed by atoms with E-state index in [1.165, 1.54) is 0 Å². The number of nitrogens with zero attached hydrogens (tertiary/aromatic N) is 2. The predicted molar refractivity (Wildman–Crippen MR) is 61.0 cm³/mol. The average Bonchev–Trinajstić information content (AvgIpc) is 2.87. The molecule has 1 N–H and O–H groups in total. The molecule has 0 bridgehead atoms. The standard InChI is InChI=1S/C12H20N2O2/c1-3-6-14-7-5-13-12(14)11(15)10-4-8-16-9(10)2/h5,7,9-11,15H,3-4,6,8H2,1-2H3. The molecule has 4 nitrogen and oxygen atoms in total. The number of rotatable bonds is 4. The maximum absolute atomic E-state index is 10.3. The third kappa shape index (κ3) is 2.13. The molecular formula is C12H20N2O2. The van der Waals surface area contributed by atoms with Crippen LogP contribution in [0, 0.1) is 5.92 Å². The van der Waals surface area contributed by atoms with Gasteiger partial charge >= 0.3 is 0 Å². The zero-order valence-electron chi connectivity index (χ0n) is 9.97. The zero-order valence-corrected chi connectivity index (χ0v) is 9.97. The summed E-state index contributed by atoms with van der Waals surface area (Å²) in [5, 5.41) is 10.3. The molecule has 0 aromatic carbocycles. The smallest absolute Gasteiger partial charge is 0.138 e. The van der Waals surface area contributed by atoms with Crippen molar-refractivity contribution in [2.75, 3.05) is 6.61 Å². The van der Waals surface area contributed by atoms with Crippen LogP contribution in [0.25, 0.3) is 0 Å². The predicted octanol–water partition coefficient (Wildman–Crippen LogP) is 1.75. The number of hydrogen-bond donors (Lipinski definition) is 1. The van der Waals surface area contributed by atoms with Gasteiger partial charge in [-0.1, -0.05) is 6.92 Å². The number of aromatic nitrogens is 2. The minimum Gasteiger partial charge on any atom is -0.385 e. The van der Waals surface area contributed by atoms with Crippen LogP contribution in [-0.4, -0.2) is 27.4 Å². The Hall–Kier alpha value is -0.870. The lowest BCUT2D eigenvalue weighted by atomic mass is 9.95. The fraction of sp³-hybridized carbons (Fsp3) is 0.750. The monoisotopic (exact) mass is 224 g/mol. The van der Waals surface area contributed by atoms with Crippen LogP contribution in [0.5, 0.6) is 0 Å². The molecule has 1 aliphatic heterocycles. The number of imidazole rings is 1. The second-order valence-electron chi connectivity index (χ2n) is 4.45. The molecule has 2 rings (SSSR count). The maximum Gasteiger partial charge on any atom is 0.138 e. The minimum atomic E-state index is -0.501. The van der Waals surface area contributed by atoms with Gasteiger partial charge in [0.25, 0.3) is 0 Å². The van der Waals surface area contributed by atoms with Crippen LogP contribution in [0.15, 0.2) is 12.4 Å². The second-order valence-corrected chi connectivity index (χ2v) is 4.45. The molecule has 3 unspecified atom stereocenters. The molecule has 1 saturated heterocycles. The highest BCUT2D eigenvalue weighted by atomic mass is 16.5. The van der Waals surface area contributed by atoms with Crippen molar-refractivity contribution in [3.63, 3.8) is 0 Å². The van der Waals surface area contributed by atoms with Gasteiger partial charge in [0.1, 0.15) is 11.9 Å². The van der Waals surface area contributed by atoms with Gasteiger partial charge in [-0.2, -0.15) is 0 Å². The zero-order chi connectivity index (χ0) is 11.5. The van der Waals surface area contributed by atoms with Gasteiger partial charge in [-0.05, 0) is 19.8 Å². The summed E-state index contributed by atoms with van der Waals surface area (Å²) in [4.78, 5) is 4.27. The third-order valence-corrected chi connectivity index (χ3v) is 3.32. The van der Waals surface area contributed by atoms with Gasteiger partial charge in [-0.25, -0.2) is 4.98 Å². The van der Waals surface area contributed by atoms with Gasteiger partial charge in [-0.15, -0.1) is 0 Å². The molecule has 1 aromatic rings. The van der Waals surface area contributed by atoms with Crippen molar-refractivity contribution in [2.24, 2.45) is 5.92 Å². The van der Waals surface area contributed by atoms with E-state index in [4.69, 9.17) is 4.74 Å². The van der Waals surface area contributed by atoms with E-state index >= 15 is 0 Å². The van der Waals surface area contributed by atoms with E-state index in [1.54, 1.807) is 6.20 Å². The molecule has 1 fully saturated rings. The van der Waals surface area contributed by atoms with Crippen LogP contribution in [0.4, 0.5) is 0 Å². The Morgan fingerprint density at radius 1 is 1.69 bits per heavy atom. The molecule has 1 aliphatic rings. The molecule has 0 aliphatic carbocycles. The lowest BCUT2D eigenvalue weighted by Gasteiger charge is -2.21. The summed E-state index contributed by atoms with van der Waals surface area (Å²) in [6.45, 7) is 5.80. The van der Waals surface area contributed by atoms with Gasteiger partial charge < -0.3 is 14.4 Å². The highest BCUT2D eigenvalue weighted by Gasteiger charge is 2.33. The quantitative estimate of drug-likeness (QED) is 0.847. The summed E-state index contributed by atoms with van der Waals surface area (Å²) in [5.74, 6) is 0.960. The second kappa shape index (κ2) is 4.97. The highest BCUT2D eigenvalue weighted by Crippen LogP contribution is 2.32. The first-order valence-corrected chi connectivity index (χ1v) is 6.04. The Morgan fingerprint density at radius 2 is 2.50 bits per heavy atom. The Kier molecular flexibility index (Phi) is 3.61. The topological polar surface area (TPSA) is 47.3 Å². The van der Waals surface area contributed by atoms with E-state index in [9.17, 15) is 5.11 Å².